The fraction of sp³-hybridized carbons (Fsp3) is 0.412. The summed E-state index contributed by atoms with van der Waals surface area (Å²) in [6, 6.07) is 10.2. The molecule has 0 bridgehead atoms. The summed E-state index contributed by atoms with van der Waals surface area (Å²) < 4.78 is 6.79. The Morgan fingerprint density at radius 3 is 2.67 bits per heavy atom. The average molecular weight is 340 g/mol. The first kappa shape index (κ1) is 15.3. The molecule has 0 fully saturated rings. The second-order valence-electron chi connectivity index (χ2n) is 6.36. The summed E-state index contributed by atoms with van der Waals surface area (Å²) in [7, 11) is 0. The summed E-state index contributed by atoms with van der Waals surface area (Å²) in [5.41, 5.74) is 1.05. The number of nitrogens with zero attached hydrogens (tertiary/aromatic N) is 6. The normalized spacial score (nSPS) is 17.3. The van der Waals surface area contributed by atoms with Gasteiger partial charge in [-0.15, -0.1) is 10.2 Å². The molecule has 3 heterocycles. The highest BCUT2D eigenvalue weighted by atomic mass is 32.1. The van der Waals surface area contributed by atoms with Gasteiger partial charge in [-0.1, -0.05) is 44.2 Å². The zero-order valence-corrected chi connectivity index (χ0v) is 14.9. The summed E-state index contributed by atoms with van der Waals surface area (Å²) in [5, 5.41) is 9.76. The van der Waals surface area contributed by atoms with E-state index in [4.69, 9.17) is 4.98 Å². The van der Waals surface area contributed by atoms with E-state index in [-0.39, 0.29) is 6.04 Å². The Morgan fingerprint density at radius 2 is 1.92 bits per heavy atom. The van der Waals surface area contributed by atoms with Crippen molar-refractivity contribution in [3.63, 3.8) is 0 Å². The van der Waals surface area contributed by atoms with Gasteiger partial charge in [0.05, 0.1) is 6.04 Å². The van der Waals surface area contributed by atoms with Crippen molar-refractivity contribution in [2.45, 2.75) is 39.3 Å². The summed E-state index contributed by atoms with van der Waals surface area (Å²) in [5.74, 6) is 3.26. The predicted octanol–water partition coefficient (Wildman–Crippen LogP) is 3.50. The SMILES string of the molecule is CC(C)c1nnc2n1CCN(c1nc(-c3ccccc3)ns1)C2C. The van der Waals surface area contributed by atoms with Crippen LogP contribution in [0.5, 0.6) is 0 Å². The minimum atomic E-state index is 0.148. The third kappa shape index (κ3) is 2.49. The molecule has 0 aliphatic carbocycles. The van der Waals surface area contributed by atoms with Gasteiger partial charge in [-0.05, 0) is 6.92 Å². The van der Waals surface area contributed by atoms with Crippen LogP contribution in [0.25, 0.3) is 11.4 Å². The maximum absolute atomic E-state index is 4.75. The number of rotatable bonds is 3. The third-order valence-electron chi connectivity index (χ3n) is 4.42. The molecule has 1 aliphatic heterocycles. The Morgan fingerprint density at radius 1 is 1.12 bits per heavy atom. The highest BCUT2D eigenvalue weighted by Crippen LogP contribution is 2.33. The fourth-order valence-electron chi connectivity index (χ4n) is 3.13. The summed E-state index contributed by atoms with van der Waals surface area (Å²) in [6.45, 7) is 8.26. The van der Waals surface area contributed by atoms with Gasteiger partial charge in [0.2, 0.25) is 5.13 Å². The maximum atomic E-state index is 4.75. The summed E-state index contributed by atoms with van der Waals surface area (Å²) >= 11 is 1.45. The van der Waals surface area contributed by atoms with E-state index in [1.807, 2.05) is 30.3 Å². The van der Waals surface area contributed by atoms with Crippen molar-refractivity contribution >= 4 is 16.7 Å². The zero-order valence-electron chi connectivity index (χ0n) is 14.0. The number of anilines is 1. The van der Waals surface area contributed by atoms with E-state index in [2.05, 4.69) is 44.8 Å². The molecule has 7 heteroatoms. The third-order valence-corrected chi connectivity index (χ3v) is 5.18. The van der Waals surface area contributed by atoms with Gasteiger partial charge in [0, 0.05) is 36.1 Å². The molecule has 1 atom stereocenters. The molecule has 1 aromatic carbocycles. The largest absolute Gasteiger partial charge is 0.335 e. The predicted molar refractivity (Wildman–Crippen MR) is 95.2 cm³/mol. The van der Waals surface area contributed by atoms with Gasteiger partial charge < -0.3 is 9.47 Å². The maximum Gasteiger partial charge on any atom is 0.206 e. The van der Waals surface area contributed by atoms with Crippen LogP contribution in [0.2, 0.25) is 0 Å². The molecule has 0 amide bonds. The Kier molecular flexibility index (Phi) is 3.80. The molecule has 24 heavy (non-hydrogen) atoms. The molecular formula is C17H20N6S. The molecule has 1 unspecified atom stereocenters. The van der Waals surface area contributed by atoms with Crippen LogP contribution in [-0.2, 0) is 6.54 Å². The second-order valence-corrected chi connectivity index (χ2v) is 7.09. The van der Waals surface area contributed by atoms with Crippen LogP contribution in [0.3, 0.4) is 0 Å². The van der Waals surface area contributed by atoms with E-state index in [0.29, 0.717) is 5.92 Å². The van der Waals surface area contributed by atoms with Crippen molar-refractivity contribution in [1.82, 2.24) is 24.1 Å². The van der Waals surface area contributed by atoms with E-state index in [1.54, 1.807) is 0 Å². The standard InChI is InChI=1S/C17H20N6S/c1-11(2)15-19-20-16-12(3)22(9-10-23(15)16)17-18-14(21-24-17)13-7-5-4-6-8-13/h4-8,11-12H,9-10H2,1-3H3. The molecule has 0 spiro atoms. The van der Waals surface area contributed by atoms with Crippen LogP contribution in [0.4, 0.5) is 5.13 Å². The number of fused-ring (bicyclic) bond motifs is 1. The monoisotopic (exact) mass is 340 g/mol. The van der Waals surface area contributed by atoms with Crippen molar-refractivity contribution in [3.05, 3.63) is 42.0 Å². The number of hydrogen-bond donors (Lipinski definition) is 0. The van der Waals surface area contributed by atoms with E-state index < -0.39 is 0 Å². The van der Waals surface area contributed by atoms with E-state index in [0.717, 1.165) is 41.3 Å². The van der Waals surface area contributed by atoms with Gasteiger partial charge in [0.1, 0.15) is 5.82 Å². The van der Waals surface area contributed by atoms with E-state index in [9.17, 15) is 0 Å². The van der Waals surface area contributed by atoms with Gasteiger partial charge in [-0.25, -0.2) is 0 Å². The second kappa shape index (κ2) is 5.98. The number of aromatic nitrogens is 5. The lowest BCUT2D eigenvalue weighted by Crippen LogP contribution is -2.37. The van der Waals surface area contributed by atoms with Crippen LogP contribution >= 0.6 is 11.5 Å². The van der Waals surface area contributed by atoms with Crippen LogP contribution < -0.4 is 4.90 Å². The molecule has 4 rings (SSSR count). The molecule has 1 aliphatic rings. The smallest absolute Gasteiger partial charge is 0.206 e. The Bertz CT molecular complexity index is 838. The van der Waals surface area contributed by atoms with Gasteiger partial charge >= 0.3 is 0 Å². The molecule has 124 valence electrons. The van der Waals surface area contributed by atoms with Crippen LogP contribution in [0.1, 0.15) is 44.4 Å². The van der Waals surface area contributed by atoms with Crippen molar-refractivity contribution in [3.8, 4) is 11.4 Å². The van der Waals surface area contributed by atoms with Gasteiger partial charge in [0.25, 0.3) is 0 Å². The Balaban J connectivity index is 1.63. The summed E-state index contributed by atoms with van der Waals surface area (Å²) in [6.07, 6.45) is 0. The molecule has 3 aromatic rings. The first-order valence-corrected chi connectivity index (χ1v) is 9.01. The van der Waals surface area contributed by atoms with Crippen molar-refractivity contribution in [2.24, 2.45) is 0 Å². The highest BCUT2D eigenvalue weighted by Gasteiger charge is 2.30. The molecular weight excluding hydrogens is 320 g/mol. The quantitative estimate of drug-likeness (QED) is 0.730. The minimum Gasteiger partial charge on any atom is -0.335 e. The van der Waals surface area contributed by atoms with Gasteiger partial charge in [-0.3, -0.25) is 0 Å². The molecule has 0 N–H and O–H groups in total. The Labute approximate surface area is 145 Å². The first-order valence-electron chi connectivity index (χ1n) is 8.24. The van der Waals surface area contributed by atoms with Crippen molar-refractivity contribution < 1.29 is 0 Å². The zero-order chi connectivity index (χ0) is 16.7. The van der Waals surface area contributed by atoms with E-state index >= 15 is 0 Å². The van der Waals surface area contributed by atoms with Gasteiger partial charge in [-0.2, -0.15) is 9.36 Å². The van der Waals surface area contributed by atoms with Crippen LogP contribution in [0, 0.1) is 0 Å². The fourth-order valence-corrected chi connectivity index (χ4v) is 3.93. The lowest BCUT2D eigenvalue weighted by atomic mass is 10.1. The topological polar surface area (TPSA) is 59.7 Å². The minimum absolute atomic E-state index is 0.148. The molecule has 0 saturated carbocycles. The molecule has 0 radical (unpaired) electrons. The number of benzene rings is 1. The van der Waals surface area contributed by atoms with Crippen molar-refractivity contribution in [1.29, 1.82) is 0 Å². The van der Waals surface area contributed by atoms with Gasteiger partial charge in [0.15, 0.2) is 11.6 Å². The average Bonchev–Trinajstić information content (AvgIpc) is 3.23. The molecule has 0 saturated heterocycles. The highest BCUT2D eigenvalue weighted by molar-refractivity contribution is 7.09. The van der Waals surface area contributed by atoms with Crippen LogP contribution in [0.15, 0.2) is 30.3 Å². The number of hydrogen-bond acceptors (Lipinski definition) is 6. The molecule has 2 aromatic heterocycles. The Hall–Kier alpha value is -2.28. The lowest BCUT2D eigenvalue weighted by molar-refractivity contribution is 0.479. The van der Waals surface area contributed by atoms with E-state index in [1.165, 1.54) is 11.5 Å². The first-order chi connectivity index (χ1) is 11.6. The summed E-state index contributed by atoms with van der Waals surface area (Å²) in [4.78, 5) is 7.02. The van der Waals surface area contributed by atoms with Crippen molar-refractivity contribution in [2.75, 3.05) is 11.4 Å². The lowest BCUT2D eigenvalue weighted by Gasteiger charge is -2.33. The van der Waals surface area contributed by atoms with Crippen LogP contribution in [-0.4, -0.2) is 30.7 Å². The molecule has 6 nitrogen and oxygen atoms in total.